The van der Waals surface area contributed by atoms with Gasteiger partial charge in [0, 0.05) is 19.9 Å². The molecular formula is C12H15N3O3. The number of aromatic nitrogens is 2. The second kappa shape index (κ2) is 7.12. The summed E-state index contributed by atoms with van der Waals surface area (Å²) in [6.45, 7) is 1.98. The van der Waals surface area contributed by atoms with E-state index in [0.29, 0.717) is 24.4 Å². The summed E-state index contributed by atoms with van der Waals surface area (Å²) in [5.41, 5.74) is 0.584. The second-order valence-corrected chi connectivity index (χ2v) is 3.31. The Morgan fingerprint density at radius 3 is 2.83 bits per heavy atom. The molecule has 0 aliphatic rings. The van der Waals surface area contributed by atoms with Crippen molar-refractivity contribution in [1.29, 1.82) is 0 Å². The monoisotopic (exact) mass is 249 g/mol. The van der Waals surface area contributed by atoms with Gasteiger partial charge in [-0.2, -0.15) is 4.98 Å². The Hall–Kier alpha value is -2.29. The van der Waals surface area contributed by atoms with Crippen molar-refractivity contribution < 1.29 is 14.3 Å². The molecule has 1 N–H and O–H groups in total. The van der Waals surface area contributed by atoms with Gasteiger partial charge in [-0.15, -0.1) is 0 Å². The van der Waals surface area contributed by atoms with Crippen LogP contribution in [0.1, 0.15) is 18.9 Å². The Labute approximate surface area is 106 Å². The van der Waals surface area contributed by atoms with Crippen LogP contribution in [0.25, 0.3) is 0 Å². The van der Waals surface area contributed by atoms with E-state index in [1.54, 1.807) is 0 Å². The average Bonchev–Trinajstić information content (AvgIpc) is 2.38. The molecule has 0 saturated carbocycles. The van der Waals surface area contributed by atoms with Gasteiger partial charge in [-0.3, -0.25) is 4.79 Å². The van der Waals surface area contributed by atoms with E-state index < -0.39 is 0 Å². The van der Waals surface area contributed by atoms with Crippen LogP contribution in [0.5, 0.6) is 11.9 Å². The molecule has 0 aromatic carbocycles. The normalized spacial score (nSPS) is 9.06. The summed E-state index contributed by atoms with van der Waals surface area (Å²) < 4.78 is 9.96. The predicted molar refractivity (Wildman–Crippen MR) is 65.3 cm³/mol. The molecule has 0 spiro atoms. The van der Waals surface area contributed by atoms with E-state index >= 15 is 0 Å². The van der Waals surface area contributed by atoms with Crippen molar-refractivity contribution >= 4 is 5.91 Å². The maximum Gasteiger partial charge on any atom is 0.319 e. The Balaban J connectivity index is 2.66. The van der Waals surface area contributed by atoms with Crippen molar-refractivity contribution in [2.24, 2.45) is 0 Å². The summed E-state index contributed by atoms with van der Waals surface area (Å²) in [6, 6.07) is 0.232. The van der Waals surface area contributed by atoms with Gasteiger partial charge in [0.1, 0.15) is 5.56 Å². The first-order valence-corrected chi connectivity index (χ1v) is 5.35. The number of rotatable bonds is 4. The number of nitrogens with zero attached hydrogens (tertiary/aromatic N) is 2. The molecule has 6 nitrogen and oxygen atoms in total. The van der Waals surface area contributed by atoms with E-state index in [4.69, 9.17) is 9.47 Å². The molecule has 1 aromatic rings. The van der Waals surface area contributed by atoms with Crippen molar-refractivity contribution in [3.8, 4) is 23.7 Å². The molecule has 0 bridgehead atoms. The molecule has 1 aromatic heterocycles. The molecule has 0 fully saturated rings. The highest BCUT2D eigenvalue weighted by Crippen LogP contribution is 2.15. The molecule has 0 aliphatic carbocycles. The fourth-order valence-corrected chi connectivity index (χ4v) is 1.15. The van der Waals surface area contributed by atoms with Crippen LogP contribution in [-0.4, -0.2) is 36.6 Å². The Morgan fingerprint density at radius 2 is 2.22 bits per heavy atom. The van der Waals surface area contributed by atoms with E-state index in [-0.39, 0.29) is 11.9 Å². The lowest BCUT2D eigenvalue weighted by Gasteiger charge is -2.03. The fraction of sp³-hybridized carbons (Fsp3) is 0.417. The molecular weight excluding hydrogens is 234 g/mol. The van der Waals surface area contributed by atoms with E-state index in [2.05, 4.69) is 27.1 Å². The molecule has 0 saturated heterocycles. The van der Waals surface area contributed by atoms with Gasteiger partial charge in [0.25, 0.3) is 0 Å². The summed E-state index contributed by atoms with van der Waals surface area (Å²) >= 11 is 0. The minimum Gasteiger partial charge on any atom is -0.480 e. The van der Waals surface area contributed by atoms with E-state index in [1.807, 2.05) is 0 Å². The lowest BCUT2D eigenvalue weighted by Crippen LogP contribution is -2.20. The first-order valence-electron chi connectivity index (χ1n) is 5.35. The summed E-state index contributed by atoms with van der Waals surface area (Å²) in [4.78, 5) is 18.6. The fourth-order valence-electron chi connectivity index (χ4n) is 1.15. The molecule has 1 rings (SSSR count). The van der Waals surface area contributed by atoms with Gasteiger partial charge < -0.3 is 14.8 Å². The van der Waals surface area contributed by atoms with Crippen molar-refractivity contribution in [2.45, 2.75) is 13.3 Å². The molecule has 1 heterocycles. The summed E-state index contributed by atoms with van der Waals surface area (Å²) in [5.74, 6) is 6.09. The Bertz CT molecular complexity index is 477. The second-order valence-electron chi connectivity index (χ2n) is 3.31. The number of ether oxygens (including phenoxy) is 2. The van der Waals surface area contributed by atoms with Gasteiger partial charge >= 0.3 is 6.01 Å². The topological polar surface area (TPSA) is 73.3 Å². The molecule has 0 radical (unpaired) electrons. The van der Waals surface area contributed by atoms with Crippen LogP contribution in [0.15, 0.2) is 6.20 Å². The molecule has 0 unspecified atom stereocenters. The number of hydrogen-bond donors (Lipinski definition) is 1. The molecule has 1 amide bonds. The van der Waals surface area contributed by atoms with Crippen molar-refractivity contribution in [2.75, 3.05) is 20.8 Å². The van der Waals surface area contributed by atoms with Gasteiger partial charge in [-0.05, 0) is 0 Å². The maximum absolute atomic E-state index is 10.6. The summed E-state index contributed by atoms with van der Waals surface area (Å²) in [6.07, 6.45) is 2.09. The third kappa shape index (κ3) is 4.29. The van der Waals surface area contributed by atoms with Crippen LogP contribution in [0, 0.1) is 11.8 Å². The number of nitrogens with one attached hydrogen (secondary N) is 1. The van der Waals surface area contributed by atoms with Gasteiger partial charge in [0.2, 0.25) is 11.8 Å². The third-order valence-corrected chi connectivity index (χ3v) is 1.95. The SMILES string of the molecule is COc1ncc(C#CCCNC(C)=O)c(OC)n1. The summed E-state index contributed by atoms with van der Waals surface area (Å²) in [7, 11) is 2.98. The van der Waals surface area contributed by atoms with Crippen LogP contribution in [-0.2, 0) is 4.79 Å². The minimum absolute atomic E-state index is 0.0674. The largest absolute Gasteiger partial charge is 0.480 e. The first kappa shape index (κ1) is 13.8. The number of amides is 1. The van der Waals surface area contributed by atoms with Crippen molar-refractivity contribution in [3.05, 3.63) is 11.8 Å². The van der Waals surface area contributed by atoms with E-state index in [1.165, 1.54) is 27.3 Å². The zero-order chi connectivity index (χ0) is 13.4. The van der Waals surface area contributed by atoms with Crippen LogP contribution in [0.4, 0.5) is 0 Å². The highest BCUT2D eigenvalue weighted by molar-refractivity contribution is 5.72. The van der Waals surface area contributed by atoms with Crippen LogP contribution >= 0.6 is 0 Å². The molecule has 6 heteroatoms. The minimum atomic E-state index is -0.0674. The molecule has 0 aliphatic heterocycles. The molecule has 0 atom stereocenters. The van der Waals surface area contributed by atoms with Crippen LogP contribution in [0.2, 0.25) is 0 Å². The Morgan fingerprint density at radius 1 is 1.44 bits per heavy atom. The van der Waals surface area contributed by atoms with Gasteiger partial charge in [0.15, 0.2) is 0 Å². The quantitative estimate of drug-likeness (QED) is 0.616. The highest BCUT2D eigenvalue weighted by Gasteiger charge is 2.05. The average molecular weight is 249 g/mol. The molecule has 96 valence electrons. The number of carbonyl (C=O) groups excluding carboxylic acids is 1. The van der Waals surface area contributed by atoms with Gasteiger partial charge in [0.05, 0.1) is 20.4 Å². The van der Waals surface area contributed by atoms with Crippen molar-refractivity contribution in [1.82, 2.24) is 15.3 Å². The number of carbonyl (C=O) groups is 1. The zero-order valence-electron chi connectivity index (χ0n) is 10.6. The third-order valence-electron chi connectivity index (χ3n) is 1.95. The number of hydrogen-bond acceptors (Lipinski definition) is 5. The maximum atomic E-state index is 10.6. The predicted octanol–water partition coefficient (Wildman–Crippen LogP) is 0.371. The first-order chi connectivity index (χ1) is 8.67. The Kier molecular flexibility index (Phi) is 5.45. The number of methoxy groups -OCH3 is 2. The van der Waals surface area contributed by atoms with Crippen LogP contribution < -0.4 is 14.8 Å². The standard InChI is InChI=1S/C12H15N3O3/c1-9(16)13-7-5-4-6-10-8-14-12(18-3)15-11(10)17-2/h8H,5,7H2,1-3H3,(H,13,16). The lowest BCUT2D eigenvalue weighted by atomic mass is 10.3. The lowest BCUT2D eigenvalue weighted by molar-refractivity contribution is -0.118. The van der Waals surface area contributed by atoms with Gasteiger partial charge in [-0.1, -0.05) is 11.8 Å². The highest BCUT2D eigenvalue weighted by atomic mass is 16.5. The smallest absolute Gasteiger partial charge is 0.319 e. The van der Waals surface area contributed by atoms with E-state index in [0.717, 1.165) is 0 Å². The zero-order valence-corrected chi connectivity index (χ0v) is 10.6. The molecule has 18 heavy (non-hydrogen) atoms. The van der Waals surface area contributed by atoms with Crippen LogP contribution in [0.3, 0.4) is 0 Å². The van der Waals surface area contributed by atoms with Crippen molar-refractivity contribution in [3.63, 3.8) is 0 Å². The van der Waals surface area contributed by atoms with E-state index in [9.17, 15) is 4.79 Å². The van der Waals surface area contributed by atoms with Gasteiger partial charge in [-0.25, -0.2) is 4.98 Å². The summed E-state index contributed by atoms with van der Waals surface area (Å²) in [5, 5.41) is 2.65.